The summed E-state index contributed by atoms with van der Waals surface area (Å²) in [7, 11) is 2.97. The molecular formula is C9H11FN2O. The van der Waals surface area contributed by atoms with E-state index in [2.05, 4.69) is 4.99 Å². The van der Waals surface area contributed by atoms with E-state index in [1.807, 2.05) is 0 Å². The SMILES string of the molecule is CN=C(N)c1ccc(OC)c(F)c1. The quantitative estimate of drug-likeness (QED) is 0.551. The second-order valence-corrected chi connectivity index (χ2v) is 2.46. The van der Waals surface area contributed by atoms with E-state index in [1.165, 1.54) is 19.2 Å². The van der Waals surface area contributed by atoms with Crippen LogP contribution in [0.3, 0.4) is 0 Å². The minimum atomic E-state index is -0.438. The molecule has 0 saturated carbocycles. The second kappa shape index (κ2) is 3.89. The van der Waals surface area contributed by atoms with Crippen molar-refractivity contribution in [2.45, 2.75) is 0 Å². The molecule has 0 fully saturated rings. The highest BCUT2D eigenvalue weighted by Crippen LogP contribution is 2.17. The molecule has 1 aromatic rings. The van der Waals surface area contributed by atoms with Crippen LogP contribution in [-0.4, -0.2) is 20.0 Å². The number of nitrogens with zero attached hydrogens (tertiary/aromatic N) is 1. The van der Waals surface area contributed by atoms with Crippen molar-refractivity contribution < 1.29 is 9.13 Å². The topological polar surface area (TPSA) is 47.6 Å². The predicted octanol–water partition coefficient (Wildman–Crippen LogP) is 1.17. The summed E-state index contributed by atoms with van der Waals surface area (Å²) < 4.78 is 17.9. The van der Waals surface area contributed by atoms with Gasteiger partial charge in [-0.05, 0) is 18.2 Å². The van der Waals surface area contributed by atoms with Crippen molar-refractivity contribution >= 4 is 5.84 Å². The molecule has 0 aliphatic carbocycles. The van der Waals surface area contributed by atoms with Gasteiger partial charge in [0.2, 0.25) is 0 Å². The highest BCUT2D eigenvalue weighted by molar-refractivity contribution is 5.97. The van der Waals surface area contributed by atoms with Crippen LogP contribution < -0.4 is 10.5 Å². The molecule has 0 heterocycles. The molecule has 0 unspecified atom stereocenters. The summed E-state index contributed by atoms with van der Waals surface area (Å²) in [6.07, 6.45) is 0. The van der Waals surface area contributed by atoms with Gasteiger partial charge < -0.3 is 10.5 Å². The Morgan fingerprint density at radius 1 is 1.54 bits per heavy atom. The Morgan fingerprint density at radius 2 is 2.23 bits per heavy atom. The zero-order valence-electron chi connectivity index (χ0n) is 7.54. The lowest BCUT2D eigenvalue weighted by Crippen LogP contribution is -2.13. The van der Waals surface area contributed by atoms with Crippen LogP contribution in [0.25, 0.3) is 0 Å². The fourth-order valence-electron chi connectivity index (χ4n) is 0.955. The maximum absolute atomic E-state index is 13.1. The van der Waals surface area contributed by atoms with Crippen LogP contribution in [0.15, 0.2) is 23.2 Å². The van der Waals surface area contributed by atoms with E-state index < -0.39 is 5.82 Å². The Bertz CT molecular complexity index is 336. The number of hydrogen-bond acceptors (Lipinski definition) is 2. The van der Waals surface area contributed by atoms with E-state index in [4.69, 9.17) is 10.5 Å². The smallest absolute Gasteiger partial charge is 0.165 e. The highest BCUT2D eigenvalue weighted by atomic mass is 19.1. The van der Waals surface area contributed by atoms with Crippen molar-refractivity contribution in [3.8, 4) is 5.75 Å². The summed E-state index contributed by atoms with van der Waals surface area (Å²) in [4.78, 5) is 3.74. The average molecular weight is 182 g/mol. The second-order valence-electron chi connectivity index (χ2n) is 2.46. The standard InChI is InChI=1S/C9H11FN2O/c1-12-9(11)6-3-4-8(13-2)7(10)5-6/h3-5H,1-2H3,(H2,11,12). The van der Waals surface area contributed by atoms with Crippen molar-refractivity contribution in [3.63, 3.8) is 0 Å². The van der Waals surface area contributed by atoms with Crippen LogP contribution in [0.1, 0.15) is 5.56 Å². The lowest BCUT2D eigenvalue weighted by Gasteiger charge is -2.03. The molecular weight excluding hydrogens is 171 g/mol. The molecule has 70 valence electrons. The summed E-state index contributed by atoms with van der Waals surface area (Å²) in [5, 5.41) is 0. The molecule has 0 bridgehead atoms. The molecule has 0 saturated heterocycles. The molecule has 3 nitrogen and oxygen atoms in total. The van der Waals surface area contributed by atoms with Crippen LogP contribution in [0.4, 0.5) is 4.39 Å². The van der Waals surface area contributed by atoms with Crippen LogP contribution in [0.5, 0.6) is 5.75 Å². The number of halogens is 1. The Kier molecular flexibility index (Phi) is 2.84. The van der Waals surface area contributed by atoms with Crippen molar-refractivity contribution in [1.29, 1.82) is 0 Å². The fourth-order valence-corrected chi connectivity index (χ4v) is 0.955. The Labute approximate surface area is 76.0 Å². The summed E-state index contributed by atoms with van der Waals surface area (Å²) >= 11 is 0. The molecule has 0 aliphatic heterocycles. The fraction of sp³-hybridized carbons (Fsp3) is 0.222. The van der Waals surface area contributed by atoms with Gasteiger partial charge in [-0.15, -0.1) is 0 Å². The van der Waals surface area contributed by atoms with Gasteiger partial charge in [0, 0.05) is 12.6 Å². The summed E-state index contributed by atoms with van der Waals surface area (Å²) in [6.45, 7) is 0. The number of amidine groups is 1. The lowest BCUT2D eigenvalue weighted by molar-refractivity contribution is 0.386. The summed E-state index contributed by atoms with van der Waals surface area (Å²) in [5.74, 6) is 0.0702. The van der Waals surface area contributed by atoms with Crippen LogP contribution in [0, 0.1) is 5.82 Å². The predicted molar refractivity (Wildman–Crippen MR) is 49.6 cm³/mol. The molecule has 2 N–H and O–H groups in total. The maximum Gasteiger partial charge on any atom is 0.165 e. The molecule has 0 aliphatic rings. The molecule has 4 heteroatoms. The normalized spacial score (nSPS) is 11.5. The number of methoxy groups -OCH3 is 1. The first kappa shape index (κ1) is 9.51. The molecule has 0 radical (unpaired) electrons. The van der Waals surface area contributed by atoms with Gasteiger partial charge >= 0.3 is 0 Å². The third-order valence-corrected chi connectivity index (χ3v) is 1.69. The van der Waals surface area contributed by atoms with Gasteiger partial charge in [-0.2, -0.15) is 0 Å². The third kappa shape index (κ3) is 1.96. The van der Waals surface area contributed by atoms with Gasteiger partial charge in [-0.1, -0.05) is 0 Å². The van der Waals surface area contributed by atoms with Gasteiger partial charge in [0.15, 0.2) is 11.6 Å². The van der Waals surface area contributed by atoms with Gasteiger partial charge in [0.05, 0.1) is 7.11 Å². The Hall–Kier alpha value is -1.58. The molecule has 1 aromatic carbocycles. The van der Waals surface area contributed by atoms with E-state index in [0.717, 1.165) is 0 Å². The van der Waals surface area contributed by atoms with Crippen molar-refractivity contribution in [3.05, 3.63) is 29.6 Å². The Balaban J connectivity index is 3.10. The van der Waals surface area contributed by atoms with E-state index >= 15 is 0 Å². The van der Waals surface area contributed by atoms with Crippen LogP contribution in [-0.2, 0) is 0 Å². The third-order valence-electron chi connectivity index (χ3n) is 1.69. The number of rotatable bonds is 2. The largest absolute Gasteiger partial charge is 0.494 e. The first-order chi connectivity index (χ1) is 6.19. The van der Waals surface area contributed by atoms with E-state index in [9.17, 15) is 4.39 Å². The first-order valence-corrected chi connectivity index (χ1v) is 3.75. The van der Waals surface area contributed by atoms with Crippen LogP contribution in [0.2, 0.25) is 0 Å². The van der Waals surface area contributed by atoms with Gasteiger partial charge in [-0.3, -0.25) is 4.99 Å². The van der Waals surface area contributed by atoms with Gasteiger partial charge in [-0.25, -0.2) is 4.39 Å². The number of benzene rings is 1. The average Bonchev–Trinajstić information content (AvgIpc) is 2.16. The first-order valence-electron chi connectivity index (χ1n) is 3.75. The van der Waals surface area contributed by atoms with Crippen molar-refractivity contribution in [1.82, 2.24) is 0 Å². The molecule has 0 amide bonds. The maximum atomic E-state index is 13.1. The van der Waals surface area contributed by atoms with E-state index in [-0.39, 0.29) is 5.75 Å². The molecule has 0 aromatic heterocycles. The summed E-state index contributed by atoms with van der Waals surface area (Å²) in [6, 6.07) is 4.47. The number of hydrogen-bond donors (Lipinski definition) is 1. The zero-order valence-corrected chi connectivity index (χ0v) is 7.54. The van der Waals surface area contributed by atoms with E-state index in [0.29, 0.717) is 11.4 Å². The van der Waals surface area contributed by atoms with Crippen molar-refractivity contribution in [2.24, 2.45) is 10.7 Å². The lowest BCUT2D eigenvalue weighted by atomic mass is 10.2. The molecule has 0 spiro atoms. The molecule has 0 atom stereocenters. The highest BCUT2D eigenvalue weighted by Gasteiger charge is 2.04. The minimum Gasteiger partial charge on any atom is -0.494 e. The number of ether oxygens (including phenoxy) is 1. The summed E-state index contributed by atoms with van der Waals surface area (Å²) in [5.41, 5.74) is 6.05. The van der Waals surface area contributed by atoms with Gasteiger partial charge in [0.1, 0.15) is 5.84 Å². The van der Waals surface area contributed by atoms with Crippen LogP contribution >= 0.6 is 0 Å². The van der Waals surface area contributed by atoms with Gasteiger partial charge in [0.25, 0.3) is 0 Å². The Morgan fingerprint density at radius 3 is 2.69 bits per heavy atom. The minimum absolute atomic E-state index is 0.202. The van der Waals surface area contributed by atoms with Crippen molar-refractivity contribution in [2.75, 3.05) is 14.2 Å². The molecule has 13 heavy (non-hydrogen) atoms. The zero-order chi connectivity index (χ0) is 9.84. The number of nitrogens with two attached hydrogens (primary N) is 1. The molecule has 1 rings (SSSR count). The number of aliphatic imine (C=N–C) groups is 1. The van der Waals surface area contributed by atoms with E-state index in [1.54, 1.807) is 13.1 Å². The monoisotopic (exact) mass is 182 g/mol.